The summed E-state index contributed by atoms with van der Waals surface area (Å²) in [5.41, 5.74) is 9.37. The van der Waals surface area contributed by atoms with E-state index in [2.05, 4.69) is 10.9 Å². The Morgan fingerprint density at radius 1 is 0.870 bits per heavy atom. The lowest BCUT2D eigenvalue weighted by molar-refractivity contribution is -0.117. The van der Waals surface area contributed by atoms with Crippen molar-refractivity contribution >= 4 is 17.9 Å². The summed E-state index contributed by atoms with van der Waals surface area (Å²) in [6.07, 6.45) is 3.07. The van der Waals surface area contributed by atoms with Crippen LogP contribution in [0.1, 0.15) is 32.6 Å². The van der Waals surface area contributed by atoms with Crippen LogP contribution in [0.5, 0.6) is 0 Å². The van der Waals surface area contributed by atoms with Gasteiger partial charge in [0.25, 0.3) is 11.8 Å². The molecule has 0 aliphatic rings. The van der Waals surface area contributed by atoms with E-state index in [0.717, 1.165) is 22.3 Å². The van der Waals surface area contributed by atoms with E-state index in [4.69, 9.17) is 0 Å². The first-order chi connectivity index (χ1) is 11.0. The topological polar surface area (TPSA) is 58.2 Å². The summed E-state index contributed by atoms with van der Waals surface area (Å²) in [6, 6.07) is 13.3. The second-order valence-electron chi connectivity index (χ2n) is 5.51. The summed E-state index contributed by atoms with van der Waals surface area (Å²) < 4.78 is 0. The van der Waals surface area contributed by atoms with Crippen LogP contribution in [0.2, 0.25) is 0 Å². The second kappa shape index (κ2) is 7.40. The number of nitrogens with one attached hydrogen (secondary N) is 2. The van der Waals surface area contributed by atoms with E-state index in [-0.39, 0.29) is 11.8 Å². The smallest absolute Gasteiger partial charge is 0.268 e. The number of aryl methyl sites for hydroxylation is 3. The molecule has 0 aromatic heterocycles. The highest BCUT2D eigenvalue weighted by Crippen LogP contribution is 2.10. The Labute approximate surface area is 136 Å². The minimum Gasteiger partial charge on any atom is -0.268 e. The van der Waals surface area contributed by atoms with Crippen LogP contribution in [0.4, 0.5) is 0 Å². The zero-order valence-electron chi connectivity index (χ0n) is 13.5. The average Bonchev–Trinajstić information content (AvgIpc) is 2.52. The van der Waals surface area contributed by atoms with Crippen LogP contribution in [0.15, 0.2) is 48.5 Å². The van der Waals surface area contributed by atoms with Crippen LogP contribution in [-0.4, -0.2) is 11.8 Å². The van der Waals surface area contributed by atoms with Crippen molar-refractivity contribution < 1.29 is 9.59 Å². The molecule has 0 aliphatic heterocycles. The quantitative estimate of drug-likeness (QED) is 0.676. The molecule has 0 unspecified atom stereocenters. The number of carbonyl (C=O) groups excluding carboxylic acids is 2. The van der Waals surface area contributed by atoms with E-state index in [0.29, 0.717) is 5.56 Å². The molecule has 2 aromatic rings. The highest BCUT2D eigenvalue weighted by Gasteiger charge is 2.08. The lowest BCUT2D eigenvalue weighted by Gasteiger charge is -2.08. The van der Waals surface area contributed by atoms with Crippen LogP contribution in [0.25, 0.3) is 6.08 Å². The Hall–Kier alpha value is -2.88. The largest absolute Gasteiger partial charge is 0.269 e. The lowest BCUT2D eigenvalue weighted by Crippen LogP contribution is -2.41. The maximum Gasteiger partial charge on any atom is 0.269 e. The van der Waals surface area contributed by atoms with Gasteiger partial charge in [-0.15, -0.1) is 0 Å². The molecular formula is C19H20N2O2. The van der Waals surface area contributed by atoms with Gasteiger partial charge in [0.15, 0.2) is 0 Å². The molecule has 0 atom stereocenters. The summed E-state index contributed by atoms with van der Waals surface area (Å²) >= 11 is 0. The first-order valence-electron chi connectivity index (χ1n) is 7.38. The van der Waals surface area contributed by atoms with Crippen molar-refractivity contribution in [2.24, 2.45) is 0 Å². The number of hydrogen-bond acceptors (Lipinski definition) is 2. The van der Waals surface area contributed by atoms with Crippen molar-refractivity contribution in [3.8, 4) is 0 Å². The van der Waals surface area contributed by atoms with E-state index in [1.165, 1.54) is 6.08 Å². The van der Waals surface area contributed by atoms with E-state index >= 15 is 0 Å². The maximum absolute atomic E-state index is 12.0. The third kappa shape index (κ3) is 4.81. The number of carbonyl (C=O) groups is 2. The fourth-order valence-electron chi connectivity index (χ4n) is 2.15. The first kappa shape index (κ1) is 16.5. The monoisotopic (exact) mass is 308 g/mol. The highest BCUT2D eigenvalue weighted by atomic mass is 16.2. The molecule has 0 spiro atoms. The van der Waals surface area contributed by atoms with Gasteiger partial charge in [-0.25, -0.2) is 0 Å². The summed E-state index contributed by atoms with van der Waals surface area (Å²) in [4.78, 5) is 23.8. The summed E-state index contributed by atoms with van der Waals surface area (Å²) in [7, 11) is 0. The molecule has 118 valence electrons. The molecule has 0 aliphatic carbocycles. The van der Waals surface area contributed by atoms with Gasteiger partial charge in [-0.2, -0.15) is 0 Å². The van der Waals surface area contributed by atoms with Crippen LogP contribution in [-0.2, 0) is 4.79 Å². The third-order valence-corrected chi connectivity index (χ3v) is 3.43. The van der Waals surface area contributed by atoms with E-state index < -0.39 is 0 Å². The Bertz CT molecular complexity index is 746. The van der Waals surface area contributed by atoms with Crippen LogP contribution >= 0.6 is 0 Å². The second-order valence-corrected chi connectivity index (χ2v) is 5.51. The molecule has 23 heavy (non-hydrogen) atoms. The third-order valence-electron chi connectivity index (χ3n) is 3.43. The Kier molecular flexibility index (Phi) is 5.31. The molecule has 0 heterocycles. The predicted molar refractivity (Wildman–Crippen MR) is 91.7 cm³/mol. The maximum atomic E-state index is 12.0. The summed E-state index contributed by atoms with van der Waals surface area (Å²) in [6.45, 7) is 5.83. The SMILES string of the molecule is Cc1ccc(/C=C/C(=O)NNC(=O)c2ccc(C)cc2C)cc1. The molecule has 0 fully saturated rings. The van der Waals surface area contributed by atoms with Crippen molar-refractivity contribution in [2.75, 3.05) is 0 Å². The molecule has 2 aromatic carbocycles. The standard InChI is InChI=1S/C19H20N2O2/c1-13-4-7-16(8-5-13)9-11-18(22)20-21-19(23)17-10-6-14(2)12-15(17)3/h4-12H,1-3H3,(H,20,22)(H,21,23)/b11-9+. The van der Waals surface area contributed by atoms with Gasteiger partial charge in [-0.05, 0) is 44.0 Å². The van der Waals surface area contributed by atoms with Crippen molar-refractivity contribution in [3.05, 3.63) is 76.4 Å². The van der Waals surface area contributed by atoms with Gasteiger partial charge in [-0.1, -0.05) is 47.5 Å². The van der Waals surface area contributed by atoms with Gasteiger partial charge in [0, 0.05) is 11.6 Å². The zero-order valence-corrected chi connectivity index (χ0v) is 13.5. The minimum atomic E-state index is -0.385. The molecule has 4 heteroatoms. The van der Waals surface area contributed by atoms with Gasteiger partial charge >= 0.3 is 0 Å². The fraction of sp³-hybridized carbons (Fsp3) is 0.158. The average molecular weight is 308 g/mol. The number of rotatable bonds is 3. The Morgan fingerprint density at radius 3 is 2.17 bits per heavy atom. The summed E-state index contributed by atoms with van der Waals surface area (Å²) in [5.74, 6) is -0.719. The number of benzene rings is 2. The van der Waals surface area contributed by atoms with Crippen molar-refractivity contribution in [1.29, 1.82) is 0 Å². The number of hydrazine groups is 1. The lowest BCUT2D eigenvalue weighted by atomic mass is 10.1. The zero-order chi connectivity index (χ0) is 16.8. The molecule has 4 nitrogen and oxygen atoms in total. The van der Waals surface area contributed by atoms with Gasteiger partial charge in [0.2, 0.25) is 0 Å². The van der Waals surface area contributed by atoms with Crippen LogP contribution < -0.4 is 10.9 Å². The predicted octanol–water partition coefficient (Wildman–Crippen LogP) is 3.09. The fourth-order valence-corrected chi connectivity index (χ4v) is 2.15. The van der Waals surface area contributed by atoms with Crippen molar-refractivity contribution in [1.82, 2.24) is 10.9 Å². The molecule has 2 rings (SSSR count). The van der Waals surface area contributed by atoms with Crippen LogP contribution in [0, 0.1) is 20.8 Å². The highest BCUT2D eigenvalue weighted by molar-refractivity contribution is 5.98. The number of hydrogen-bond donors (Lipinski definition) is 2. The van der Waals surface area contributed by atoms with Gasteiger partial charge in [0.1, 0.15) is 0 Å². The normalized spacial score (nSPS) is 10.6. The molecular weight excluding hydrogens is 288 g/mol. The molecule has 0 bridgehead atoms. The van der Waals surface area contributed by atoms with Gasteiger partial charge in [0.05, 0.1) is 0 Å². The number of amides is 2. The van der Waals surface area contributed by atoms with E-state index in [9.17, 15) is 9.59 Å². The molecule has 2 amide bonds. The summed E-state index contributed by atoms with van der Waals surface area (Å²) in [5, 5.41) is 0. The molecule has 2 N–H and O–H groups in total. The molecule has 0 radical (unpaired) electrons. The van der Waals surface area contributed by atoms with Crippen molar-refractivity contribution in [3.63, 3.8) is 0 Å². The molecule has 0 saturated carbocycles. The van der Waals surface area contributed by atoms with E-state index in [1.807, 2.05) is 57.2 Å². The van der Waals surface area contributed by atoms with Gasteiger partial charge in [-0.3, -0.25) is 20.4 Å². The van der Waals surface area contributed by atoms with Crippen molar-refractivity contribution in [2.45, 2.75) is 20.8 Å². The van der Waals surface area contributed by atoms with Crippen LogP contribution in [0.3, 0.4) is 0 Å². The minimum absolute atomic E-state index is 0.334. The Morgan fingerprint density at radius 2 is 1.52 bits per heavy atom. The first-order valence-corrected chi connectivity index (χ1v) is 7.38. The van der Waals surface area contributed by atoms with Gasteiger partial charge < -0.3 is 0 Å². The van der Waals surface area contributed by atoms with E-state index in [1.54, 1.807) is 12.1 Å². The Balaban J connectivity index is 1.91. The molecule has 0 saturated heterocycles.